The number of hydrogen-bond donors (Lipinski definition) is 1. The lowest BCUT2D eigenvalue weighted by molar-refractivity contribution is -0.147. The van der Waals surface area contributed by atoms with Gasteiger partial charge in [-0.1, -0.05) is 42.0 Å². The molecule has 1 N–H and O–H groups in total. The third-order valence-corrected chi connectivity index (χ3v) is 4.02. The predicted molar refractivity (Wildman–Crippen MR) is 81.8 cm³/mol. The van der Waals surface area contributed by atoms with Crippen molar-refractivity contribution in [3.8, 4) is 0 Å². The topological polar surface area (TPSA) is 57.6 Å². The van der Waals surface area contributed by atoms with Crippen LogP contribution in [0, 0.1) is 12.3 Å². The Labute approximate surface area is 125 Å². The van der Waals surface area contributed by atoms with Crippen LogP contribution in [0.25, 0.3) is 6.08 Å². The molecular weight excluding hydrogens is 266 g/mol. The average Bonchev–Trinajstić information content (AvgIpc) is 2.85. The summed E-state index contributed by atoms with van der Waals surface area (Å²) in [7, 11) is 0. The van der Waals surface area contributed by atoms with Gasteiger partial charge >= 0.3 is 5.97 Å². The molecule has 1 heterocycles. The van der Waals surface area contributed by atoms with Gasteiger partial charge in [-0.3, -0.25) is 9.59 Å². The van der Waals surface area contributed by atoms with Crippen LogP contribution in [0.15, 0.2) is 30.3 Å². The first-order chi connectivity index (χ1) is 9.90. The smallest absolute Gasteiger partial charge is 0.311 e. The molecule has 2 rings (SSSR count). The highest BCUT2D eigenvalue weighted by Gasteiger charge is 2.41. The van der Waals surface area contributed by atoms with E-state index < -0.39 is 11.4 Å². The first-order valence-corrected chi connectivity index (χ1v) is 7.15. The van der Waals surface area contributed by atoms with Crippen LogP contribution < -0.4 is 0 Å². The van der Waals surface area contributed by atoms with Crippen molar-refractivity contribution in [1.82, 2.24) is 4.90 Å². The molecule has 1 aromatic rings. The summed E-state index contributed by atoms with van der Waals surface area (Å²) in [6, 6.07) is 8.07. The molecule has 0 radical (unpaired) electrons. The van der Waals surface area contributed by atoms with Gasteiger partial charge in [-0.2, -0.15) is 0 Å². The van der Waals surface area contributed by atoms with Crippen LogP contribution in [-0.2, 0) is 9.59 Å². The molecule has 4 nitrogen and oxygen atoms in total. The molecule has 1 aliphatic heterocycles. The summed E-state index contributed by atoms with van der Waals surface area (Å²) in [5.41, 5.74) is 1.47. The second-order valence-corrected chi connectivity index (χ2v) is 5.95. The van der Waals surface area contributed by atoms with Crippen molar-refractivity contribution >= 4 is 18.0 Å². The summed E-state index contributed by atoms with van der Waals surface area (Å²) in [6.45, 7) is 4.56. The highest BCUT2D eigenvalue weighted by atomic mass is 16.4. The molecule has 4 heteroatoms. The molecule has 21 heavy (non-hydrogen) atoms. The van der Waals surface area contributed by atoms with E-state index in [2.05, 4.69) is 0 Å². The van der Waals surface area contributed by atoms with E-state index in [1.165, 1.54) is 5.56 Å². The van der Waals surface area contributed by atoms with E-state index in [-0.39, 0.29) is 5.91 Å². The third-order valence-electron chi connectivity index (χ3n) is 4.02. The Balaban J connectivity index is 1.88. The Kier molecular flexibility index (Phi) is 4.46. The standard InChI is InChI=1S/C17H21NO3/c1-13-6-8-14(9-7-13)4-3-5-15(19)18-11-10-17(2,12-18)16(20)21/h3-4,6-9H,5,10-12H2,1-2H3,(H,20,21)/b4-3+. The summed E-state index contributed by atoms with van der Waals surface area (Å²) < 4.78 is 0. The molecule has 1 amide bonds. The Morgan fingerprint density at radius 3 is 2.57 bits per heavy atom. The molecule has 1 unspecified atom stereocenters. The van der Waals surface area contributed by atoms with Crippen LogP contribution in [-0.4, -0.2) is 35.0 Å². The summed E-state index contributed by atoms with van der Waals surface area (Å²) in [4.78, 5) is 24.9. The van der Waals surface area contributed by atoms with E-state index in [0.29, 0.717) is 25.9 Å². The molecule has 1 aliphatic rings. The van der Waals surface area contributed by atoms with Crippen LogP contribution in [0.2, 0.25) is 0 Å². The van der Waals surface area contributed by atoms with E-state index in [0.717, 1.165) is 5.56 Å². The average molecular weight is 287 g/mol. The number of carbonyl (C=O) groups excluding carboxylic acids is 1. The minimum absolute atomic E-state index is 0.0108. The number of amides is 1. The number of hydrogen-bond acceptors (Lipinski definition) is 2. The lowest BCUT2D eigenvalue weighted by Gasteiger charge is -2.19. The maximum absolute atomic E-state index is 12.1. The van der Waals surface area contributed by atoms with Crippen LogP contribution in [0.1, 0.15) is 30.9 Å². The van der Waals surface area contributed by atoms with Gasteiger partial charge < -0.3 is 10.0 Å². The molecule has 112 valence electrons. The van der Waals surface area contributed by atoms with Crippen LogP contribution >= 0.6 is 0 Å². The normalized spacial score (nSPS) is 21.9. The molecule has 1 atom stereocenters. The minimum Gasteiger partial charge on any atom is -0.481 e. The molecule has 1 aromatic carbocycles. The van der Waals surface area contributed by atoms with Crippen molar-refractivity contribution in [1.29, 1.82) is 0 Å². The predicted octanol–water partition coefficient (Wildman–Crippen LogP) is 2.72. The first kappa shape index (κ1) is 15.3. The van der Waals surface area contributed by atoms with Crippen molar-refractivity contribution in [2.75, 3.05) is 13.1 Å². The summed E-state index contributed by atoms with van der Waals surface area (Å²) in [5, 5.41) is 9.17. The summed E-state index contributed by atoms with van der Waals surface area (Å²) in [6.07, 6.45) is 4.59. The molecule has 0 aromatic heterocycles. The van der Waals surface area contributed by atoms with E-state index in [1.54, 1.807) is 11.8 Å². The van der Waals surface area contributed by atoms with Gasteiger partial charge in [0, 0.05) is 19.5 Å². The maximum atomic E-state index is 12.1. The molecule has 1 fully saturated rings. The van der Waals surface area contributed by atoms with Crippen molar-refractivity contribution in [2.24, 2.45) is 5.41 Å². The zero-order chi connectivity index (χ0) is 15.5. The van der Waals surface area contributed by atoms with Gasteiger partial charge in [0.15, 0.2) is 0 Å². The number of aryl methyl sites for hydroxylation is 1. The van der Waals surface area contributed by atoms with E-state index >= 15 is 0 Å². The minimum atomic E-state index is -0.826. The molecule has 0 aliphatic carbocycles. The Hall–Kier alpha value is -2.10. The third kappa shape index (κ3) is 3.72. The fraction of sp³-hybridized carbons (Fsp3) is 0.412. The SMILES string of the molecule is Cc1ccc(/C=C/CC(=O)N2CCC(C)(C(=O)O)C2)cc1. The Morgan fingerprint density at radius 1 is 1.33 bits per heavy atom. The highest BCUT2D eigenvalue weighted by Crippen LogP contribution is 2.30. The molecule has 1 saturated heterocycles. The van der Waals surface area contributed by atoms with Gasteiger partial charge in [0.25, 0.3) is 0 Å². The largest absolute Gasteiger partial charge is 0.481 e. The van der Waals surface area contributed by atoms with Crippen molar-refractivity contribution in [3.63, 3.8) is 0 Å². The fourth-order valence-electron chi connectivity index (χ4n) is 2.45. The van der Waals surface area contributed by atoms with E-state index in [9.17, 15) is 9.59 Å². The monoisotopic (exact) mass is 287 g/mol. The zero-order valence-corrected chi connectivity index (χ0v) is 12.5. The number of aliphatic carboxylic acids is 1. The van der Waals surface area contributed by atoms with Gasteiger partial charge in [-0.05, 0) is 25.8 Å². The number of rotatable bonds is 4. The van der Waals surface area contributed by atoms with Gasteiger partial charge in [0.1, 0.15) is 0 Å². The molecule has 0 bridgehead atoms. The molecule has 0 spiro atoms. The lowest BCUT2D eigenvalue weighted by Crippen LogP contribution is -2.34. The number of benzene rings is 1. The van der Waals surface area contributed by atoms with Crippen molar-refractivity contribution < 1.29 is 14.7 Å². The van der Waals surface area contributed by atoms with Crippen molar-refractivity contribution in [3.05, 3.63) is 41.5 Å². The number of carboxylic acids is 1. The first-order valence-electron chi connectivity index (χ1n) is 7.15. The molecular formula is C17H21NO3. The Bertz CT molecular complexity index is 562. The van der Waals surface area contributed by atoms with E-state index in [4.69, 9.17) is 5.11 Å². The number of likely N-dealkylation sites (tertiary alicyclic amines) is 1. The fourth-order valence-corrected chi connectivity index (χ4v) is 2.45. The zero-order valence-electron chi connectivity index (χ0n) is 12.5. The van der Waals surface area contributed by atoms with Crippen LogP contribution in [0.5, 0.6) is 0 Å². The molecule has 0 saturated carbocycles. The highest BCUT2D eigenvalue weighted by molar-refractivity contribution is 5.81. The second-order valence-electron chi connectivity index (χ2n) is 5.95. The van der Waals surface area contributed by atoms with Gasteiger partial charge in [0.05, 0.1) is 5.41 Å². The quantitative estimate of drug-likeness (QED) is 0.926. The second kappa shape index (κ2) is 6.12. The Morgan fingerprint density at radius 2 is 2.00 bits per heavy atom. The maximum Gasteiger partial charge on any atom is 0.311 e. The number of carboxylic acid groups (broad SMARTS) is 1. The number of nitrogens with zero attached hydrogens (tertiary/aromatic N) is 1. The van der Waals surface area contributed by atoms with Gasteiger partial charge in [-0.25, -0.2) is 0 Å². The number of carbonyl (C=O) groups is 2. The summed E-state index contributed by atoms with van der Waals surface area (Å²) in [5.74, 6) is -0.837. The van der Waals surface area contributed by atoms with Gasteiger partial charge in [0.2, 0.25) is 5.91 Å². The van der Waals surface area contributed by atoms with Crippen molar-refractivity contribution in [2.45, 2.75) is 26.7 Å². The lowest BCUT2D eigenvalue weighted by atomic mass is 9.90. The van der Waals surface area contributed by atoms with Gasteiger partial charge in [-0.15, -0.1) is 0 Å². The van der Waals surface area contributed by atoms with Crippen LogP contribution in [0.4, 0.5) is 0 Å². The summed E-state index contributed by atoms with van der Waals surface area (Å²) >= 11 is 0. The van der Waals surface area contributed by atoms with E-state index in [1.807, 2.05) is 43.3 Å². The van der Waals surface area contributed by atoms with Crippen LogP contribution in [0.3, 0.4) is 0 Å².